The van der Waals surface area contributed by atoms with Crippen molar-refractivity contribution in [2.45, 2.75) is 19.4 Å². The van der Waals surface area contributed by atoms with E-state index >= 15 is 0 Å². The molecule has 2 aromatic rings. The van der Waals surface area contributed by atoms with Crippen molar-refractivity contribution in [1.82, 2.24) is 10.3 Å². The standard InChI is InChI=1S/C16H18N2O2/c1-3-15(12-4-6-14(20-2)7-5-12)18-16(19)13-8-10-17-11-9-13/h4-11,15H,3H2,1-2H3,(H,18,19). The molecule has 2 rings (SSSR count). The van der Waals surface area contributed by atoms with E-state index in [2.05, 4.69) is 10.3 Å². The molecule has 104 valence electrons. The van der Waals surface area contributed by atoms with Crippen LogP contribution in [0.3, 0.4) is 0 Å². The van der Waals surface area contributed by atoms with Crippen molar-refractivity contribution in [2.24, 2.45) is 0 Å². The summed E-state index contributed by atoms with van der Waals surface area (Å²) in [5, 5.41) is 3.03. The van der Waals surface area contributed by atoms with Gasteiger partial charge in [-0.25, -0.2) is 0 Å². The van der Waals surface area contributed by atoms with Gasteiger partial charge in [0, 0.05) is 18.0 Å². The van der Waals surface area contributed by atoms with E-state index in [1.54, 1.807) is 31.6 Å². The molecule has 1 amide bonds. The molecule has 1 unspecified atom stereocenters. The molecule has 0 saturated carbocycles. The molecule has 0 radical (unpaired) electrons. The van der Waals surface area contributed by atoms with Crippen LogP contribution < -0.4 is 10.1 Å². The van der Waals surface area contributed by atoms with Crippen molar-refractivity contribution in [3.63, 3.8) is 0 Å². The lowest BCUT2D eigenvalue weighted by Crippen LogP contribution is -2.28. The number of aromatic nitrogens is 1. The van der Waals surface area contributed by atoms with Crippen LogP contribution in [0, 0.1) is 0 Å². The van der Waals surface area contributed by atoms with Gasteiger partial charge in [-0.1, -0.05) is 19.1 Å². The molecule has 4 heteroatoms. The van der Waals surface area contributed by atoms with Crippen LogP contribution in [0.25, 0.3) is 0 Å². The number of ether oxygens (including phenoxy) is 1. The van der Waals surface area contributed by atoms with E-state index in [4.69, 9.17) is 4.74 Å². The number of hydrogen-bond acceptors (Lipinski definition) is 3. The Balaban J connectivity index is 2.10. The third kappa shape index (κ3) is 3.35. The quantitative estimate of drug-likeness (QED) is 0.908. The molecule has 0 saturated heterocycles. The van der Waals surface area contributed by atoms with Gasteiger partial charge < -0.3 is 10.1 Å². The average Bonchev–Trinajstić information content (AvgIpc) is 2.53. The highest BCUT2D eigenvalue weighted by Crippen LogP contribution is 2.20. The van der Waals surface area contributed by atoms with Crippen molar-refractivity contribution < 1.29 is 9.53 Å². The smallest absolute Gasteiger partial charge is 0.251 e. The summed E-state index contributed by atoms with van der Waals surface area (Å²) in [5.74, 6) is 0.721. The Hall–Kier alpha value is -2.36. The van der Waals surface area contributed by atoms with Gasteiger partial charge in [0.05, 0.1) is 13.2 Å². The highest BCUT2D eigenvalue weighted by atomic mass is 16.5. The van der Waals surface area contributed by atoms with Crippen molar-refractivity contribution in [3.8, 4) is 5.75 Å². The lowest BCUT2D eigenvalue weighted by molar-refractivity contribution is 0.0935. The number of carbonyl (C=O) groups is 1. The Morgan fingerprint density at radius 2 is 1.85 bits per heavy atom. The van der Waals surface area contributed by atoms with Crippen molar-refractivity contribution in [3.05, 3.63) is 59.9 Å². The summed E-state index contributed by atoms with van der Waals surface area (Å²) in [5.41, 5.74) is 1.68. The molecule has 1 heterocycles. The van der Waals surface area contributed by atoms with Crippen molar-refractivity contribution in [2.75, 3.05) is 7.11 Å². The second-order valence-corrected chi connectivity index (χ2v) is 4.44. The SMILES string of the molecule is CCC(NC(=O)c1ccncc1)c1ccc(OC)cc1. The number of hydrogen-bond donors (Lipinski definition) is 1. The largest absolute Gasteiger partial charge is 0.497 e. The van der Waals surface area contributed by atoms with Crippen LogP contribution >= 0.6 is 0 Å². The van der Waals surface area contributed by atoms with Crippen molar-refractivity contribution in [1.29, 1.82) is 0 Å². The first kappa shape index (κ1) is 14.1. The van der Waals surface area contributed by atoms with E-state index in [1.165, 1.54) is 0 Å². The molecule has 4 nitrogen and oxygen atoms in total. The number of carbonyl (C=O) groups excluding carboxylic acids is 1. The monoisotopic (exact) mass is 270 g/mol. The van der Waals surface area contributed by atoms with Crippen LogP contribution in [0.5, 0.6) is 5.75 Å². The summed E-state index contributed by atoms with van der Waals surface area (Å²) in [7, 11) is 1.64. The summed E-state index contributed by atoms with van der Waals surface area (Å²) in [4.78, 5) is 16.1. The number of nitrogens with zero attached hydrogens (tertiary/aromatic N) is 1. The van der Waals surface area contributed by atoms with Gasteiger partial charge in [0.15, 0.2) is 0 Å². The van der Waals surface area contributed by atoms with Crippen LogP contribution in [0.15, 0.2) is 48.8 Å². The normalized spacial score (nSPS) is 11.7. The topological polar surface area (TPSA) is 51.2 Å². The van der Waals surface area contributed by atoms with Gasteiger partial charge in [-0.15, -0.1) is 0 Å². The number of methoxy groups -OCH3 is 1. The Bertz CT molecular complexity index is 552. The predicted molar refractivity (Wildman–Crippen MR) is 77.7 cm³/mol. The molecular formula is C16H18N2O2. The molecule has 1 N–H and O–H groups in total. The minimum atomic E-state index is -0.0879. The molecule has 0 aliphatic rings. The number of pyridine rings is 1. The Morgan fingerprint density at radius 3 is 2.40 bits per heavy atom. The van der Waals surface area contributed by atoms with Gasteiger partial charge in [-0.2, -0.15) is 0 Å². The minimum Gasteiger partial charge on any atom is -0.497 e. The van der Waals surface area contributed by atoms with Gasteiger partial charge in [0.25, 0.3) is 5.91 Å². The second kappa shape index (κ2) is 6.70. The van der Waals surface area contributed by atoms with Crippen LogP contribution in [0.2, 0.25) is 0 Å². The molecule has 20 heavy (non-hydrogen) atoms. The first-order valence-corrected chi connectivity index (χ1v) is 6.59. The zero-order valence-electron chi connectivity index (χ0n) is 11.7. The molecular weight excluding hydrogens is 252 g/mol. The Labute approximate surface area is 118 Å². The van der Waals surface area contributed by atoms with Crippen LogP contribution in [-0.4, -0.2) is 18.0 Å². The van der Waals surface area contributed by atoms with Gasteiger partial charge in [0.1, 0.15) is 5.75 Å². The second-order valence-electron chi connectivity index (χ2n) is 4.44. The zero-order chi connectivity index (χ0) is 14.4. The molecule has 1 aromatic heterocycles. The molecule has 0 fully saturated rings. The third-order valence-corrected chi connectivity index (χ3v) is 3.17. The summed E-state index contributed by atoms with van der Waals surface area (Å²) < 4.78 is 5.14. The molecule has 0 spiro atoms. The predicted octanol–water partition coefficient (Wildman–Crippen LogP) is 2.97. The fourth-order valence-electron chi connectivity index (χ4n) is 2.00. The van der Waals surface area contributed by atoms with Gasteiger partial charge in [-0.05, 0) is 36.2 Å². The maximum atomic E-state index is 12.1. The molecule has 1 atom stereocenters. The first-order chi connectivity index (χ1) is 9.74. The maximum Gasteiger partial charge on any atom is 0.251 e. The fourth-order valence-corrected chi connectivity index (χ4v) is 2.00. The van der Waals surface area contributed by atoms with Crippen molar-refractivity contribution >= 4 is 5.91 Å². The molecule has 0 aliphatic heterocycles. The fraction of sp³-hybridized carbons (Fsp3) is 0.250. The van der Waals surface area contributed by atoms with E-state index < -0.39 is 0 Å². The van der Waals surface area contributed by atoms with E-state index in [1.807, 2.05) is 31.2 Å². The maximum absolute atomic E-state index is 12.1. The van der Waals surface area contributed by atoms with E-state index in [0.717, 1.165) is 17.7 Å². The van der Waals surface area contributed by atoms with Crippen LogP contribution in [0.1, 0.15) is 35.3 Å². The number of nitrogens with one attached hydrogen (secondary N) is 1. The lowest BCUT2D eigenvalue weighted by Gasteiger charge is -2.17. The molecule has 1 aromatic carbocycles. The average molecular weight is 270 g/mol. The van der Waals surface area contributed by atoms with Gasteiger partial charge in [0.2, 0.25) is 0 Å². The highest BCUT2D eigenvalue weighted by molar-refractivity contribution is 5.94. The Morgan fingerprint density at radius 1 is 1.20 bits per heavy atom. The number of rotatable bonds is 5. The molecule has 0 bridgehead atoms. The van der Waals surface area contributed by atoms with E-state index in [-0.39, 0.29) is 11.9 Å². The van der Waals surface area contributed by atoms with E-state index in [0.29, 0.717) is 5.56 Å². The minimum absolute atomic E-state index is 0.0124. The summed E-state index contributed by atoms with van der Waals surface area (Å²) in [6, 6.07) is 11.1. The summed E-state index contributed by atoms with van der Waals surface area (Å²) in [6.45, 7) is 2.04. The number of amides is 1. The number of benzene rings is 1. The summed E-state index contributed by atoms with van der Waals surface area (Å²) in [6.07, 6.45) is 4.05. The van der Waals surface area contributed by atoms with E-state index in [9.17, 15) is 4.79 Å². The summed E-state index contributed by atoms with van der Waals surface area (Å²) >= 11 is 0. The van der Waals surface area contributed by atoms with Crippen LogP contribution in [-0.2, 0) is 0 Å². The highest BCUT2D eigenvalue weighted by Gasteiger charge is 2.13. The lowest BCUT2D eigenvalue weighted by atomic mass is 10.0. The Kier molecular flexibility index (Phi) is 4.71. The zero-order valence-corrected chi connectivity index (χ0v) is 11.7. The van der Waals surface area contributed by atoms with Gasteiger partial charge in [-0.3, -0.25) is 9.78 Å². The van der Waals surface area contributed by atoms with Crippen LogP contribution in [0.4, 0.5) is 0 Å². The first-order valence-electron chi connectivity index (χ1n) is 6.59. The molecule has 0 aliphatic carbocycles. The third-order valence-electron chi connectivity index (χ3n) is 3.17. The van der Waals surface area contributed by atoms with Gasteiger partial charge >= 0.3 is 0 Å².